The molecule has 1 amide bonds. The largest absolute Gasteiger partial charge is 0.444 e. The minimum Gasteiger partial charge on any atom is -0.444 e. The summed E-state index contributed by atoms with van der Waals surface area (Å²) in [5.41, 5.74) is -0.332. The Morgan fingerprint density at radius 3 is 2.06 bits per heavy atom. The maximum atomic E-state index is 11.6. The molecule has 0 saturated carbocycles. The van der Waals surface area contributed by atoms with E-state index in [0.29, 0.717) is 6.61 Å². The highest BCUT2D eigenvalue weighted by atomic mass is 16.6. The van der Waals surface area contributed by atoms with Gasteiger partial charge in [0.25, 0.3) is 0 Å². The van der Waals surface area contributed by atoms with Crippen LogP contribution in [0.5, 0.6) is 0 Å². The zero-order chi connectivity index (χ0) is 13.7. The molecule has 0 aromatic carbocycles. The summed E-state index contributed by atoms with van der Waals surface area (Å²) >= 11 is 0. The zero-order valence-corrected chi connectivity index (χ0v) is 12.2. The van der Waals surface area contributed by atoms with Crippen molar-refractivity contribution in [1.29, 1.82) is 0 Å². The van der Waals surface area contributed by atoms with Gasteiger partial charge in [-0.15, -0.1) is 0 Å². The van der Waals surface area contributed by atoms with Gasteiger partial charge in [0, 0.05) is 7.11 Å². The van der Waals surface area contributed by atoms with Crippen LogP contribution in [-0.4, -0.2) is 31.5 Å². The van der Waals surface area contributed by atoms with E-state index in [0.717, 1.165) is 6.42 Å². The average molecular weight is 245 g/mol. The Balaban J connectivity index is 4.30. The molecular weight excluding hydrogens is 218 g/mol. The predicted molar refractivity (Wildman–Crippen MR) is 69.1 cm³/mol. The van der Waals surface area contributed by atoms with Crippen molar-refractivity contribution in [3.8, 4) is 0 Å². The van der Waals surface area contributed by atoms with Crippen LogP contribution in [0.3, 0.4) is 0 Å². The molecule has 0 heterocycles. The van der Waals surface area contributed by atoms with Gasteiger partial charge in [0.2, 0.25) is 0 Å². The Morgan fingerprint density at radius 2 is 1.71 bits per heavy atom. The summed E-state index contributed by atoms with van der Waals surface area (Å²) in [7, 11) is 1.63. The van der Waals surface area contributed by atoms with Crippen LogP contribution in [0, 0.1) is 5.41 Å². The van der Waals surface area contributed by atoms with Gasteiger partial charge >= 0.3 is 6.09 Å². The molecule has 0 spiro atoms. The van der Waals surface area contributed by atoms with Crippen LogP contribution in [0.25, 0.3) is 0 Å². The fourth-order valence-electron chi connectivity index (χ4n) is 1.57. The van der Waals surface area contributed by atoms with Gasteiger partial charge in [-0.1, -0.05) is 20.8 Å². The Bertz CT molecular complexity index is 238. The van der Waals surface area contributed by atoms with E-state index in [1.54, 1.807) is 7.11 Å². The Labute approximate surface area is 105 Å². The third kappa shape index (κ3) is 10.1. The van der Waals surface area contributed by atoms with E-state index < -0.39 is 5.60 Å². The molecule has 0 radical (unpaired) electrons. The highest BCUT2D eigenvalue weighted by Gasteiger charge is 2.23. The van der Waals surface area contributed by atoms with Gasteiger partial charge in [0.15, 0.2) is 0 Å². The highest BCUT2D eigenvalue weighted by Crippen LogP contribution is 2.21. The minimum atomic E-state index is -0.469. The molecule has 0 aromatic heterocycles. The lowest BCUT2D eigenvalue weighted by Crippen LogP contribution is -2.43. The van der Waals surface area contributed by atoms with Crippen LogP contribution in [-0.2, 0) is 9.47 Å². The van der Waals surface area contributed by atoms with Gasteiger partial charge in [-0.05, 0) is 32.6 Å². The molecule has 0 aliphatic carbocycles. The fourth-order valence-corrected chi connectivity index (χ4v) is 1.57. The Kier molecular flexibility index (Phi) is 5.96. The number of hydrogen-bond donors (Lipinski definition) is 1. The van der Waals surface area contributed by atoms with Crippen molar-refractivity contribution >= 4 is 6.09 Å². The number of nitrogens with one attached hydrogen (secondary N) is 1. The number of ether oxygens (including phenoxy) is 2. The number of amides is 1. The van der Waals surface area contributed by atoms with E-state index in [2.05, 4.69) is 26.1 Å². The van der Waals surface area contributed by atoms with Gasteiger partial charge in [0.05, 0.1) is 12.6 Å². The number of methoxy groups -OCH3 is 1. The lowest BCUT2D eigenvalue weighted by molar-refractivity contribution is 0.0447. The second kappa shape index (κ2) is 6.24. The summed E-state index contributed by atoms with van der Waals surface area (Å²) in [6.07, 6.45) is 0.462. The SMILES string of the molecule is COC[C@H](CC(C)(C)C)NC(=O)OC(C)(C)C. The summed E-state index contributed by atoms with van der Waals surface area (Å²) in [4.78, 5) is 11.6. The number of rotatable bonds is 4. The Morgan fingerprint density at radius 1 is 1.18 bits per heavy atom. The summed E-state index contributed by atoms with van der Waals surface area (Å²) < 4.78 is 10.3. The van der Waals surface area contributed by atoms with Gasteiger partial charge in [0.1, 0.15) is 5.60 Å². The first kappa shape index (κ1) is 16.2. The molecule has 17 heavy (non-hydrogen) atoms. The molecule has 102 valence electrons. The molecule has 1 N–H and O–H groups in total. The number of carbonyl (C=O) groups excluding carboxylic acids is 1. The lowest BCUT2D eigenvalue weighted by Gasteiger charge is -2.27. The third-order valence-corrected chi connectivity index (χ3v) is 1.95. The second-order valence-corrected chi connectivity index (χ2v) is 6.56. The quantitative estimate of drug-likeness (QED) is 0.828. The fraction of sp³-hybridized carbons (Fsp3) is 0.923. The first-order chi connectivity index (χ1) is 7.53. The van der Waals surface area contributed by atoms with E-state index in [4.69, 9.17) is 9.47 Å². The molecule has 0 aliphatic rings. The summed E-state index contributed by atoms with van der Waals surface area (Å²) in [6, 6.07) is -0.0187. The summed E-state index contributed by atoms with van der Waals surface area (Å²) in [6.45, 7) is 12.4. The van der Waals surface area contributed by atoms with E-state index in [1.165, 1.54) is 0 Å². The molecule has 4 heteroatoms. The van der Waals surface area contributed by atoms with Gasteiger partial charge in [-0.2, -0.15) is 0 Å². The van der Waals surface area contributed by atoms with Crippen molar-refractivity contribution in [2.24, 2.45) is 5.41 Å². The molecule has 0 saturated heterocycles. The first-order valence-corrected chi connectivity index (χ1v) is 6.02. The molecule has 0 unspecified atom stereocenters. The van der Waals surface area contributed by atoms with Crippen molar-refractivity contribution in [3.63, 3.8) is 0 Å². The van der Waals surface area contributed by atoms with E-state index in [1.807, 2.05) is 20.8 Å². The number of hydrogen-bond acceptors (Lipinski definition) is 3. The molecule has 0 bridgehead atoms. The maximum Gasteiger partial charge on any atom is 0.407 e. The molecule has 0 fully saturated rings. The molecule has 0 aliphatic heterocycles. The summed E-state index contributed by atoms with van der Waals surface area (Å²) in [5.74, 6) is 0. The van der Waals surface area contributed by atoms with Crippen LogP contribution in [0.15, 0.2) is 0 Å². The van der Waals surface area contributed by atoms with Crippen LogP contribution in [0.4, 0.5) is 4.79 Å². The lowest BCUT2D eigenvalue weighted by atomic mass is 9.88. The van der Waals surface area contributed by atoms with Crippen LogP contribution in [0.1, 0.15) is 48.0 Å². The van der Waals surface area contributed by atoms with Crippen molar-refractivity contribution < 1.29 is 14.3 Å². The van der Waals surface area contributed by atoms with Crippen LogP contribution < -0.4 is 5.32 Å². The first-order valence-electron chi connectivity index (χ1n) is 6.02. The number of carbonyl (C=O) groups is 1. The highest BCUT2D eigenvalue weighted by molar-refractivity contribution is 5.68. The van der Waals surface area contributed by atoms with Gasteiger partial charge in [-0.25, -0.2) is 4.79 Å². The zero-order valence-electron chi connectivity index (χ0n) is 12.2. The van der Waals surface area contributed by atoms with Crippen LogP contribution in [0.2, 0.25) is 0 Å². The predicted octanol–water partition coefficient (Wildman–Crippen LogP) is 2.96. The monoisotopic (exact) mass is 245 g/mol. The van der Waals surface area contributed by atoms with E-state index in [-0.39, 0.29) is 17.6 Å². The summed E-state index contributed by atoms with van der Waals surface area (Å²) in [5, 5.41) is 2.84. The van der Waals surface area contributed by atoms with Crippen LogP contribution >= 0.6 is 0 Å². The van der Waals surface area contributed by atoms with E-state index in [9.17, 15) is 4.79 Å². The maximum absolute atomic E-state index is 11.6. The van der Waals surface area contributed by atoms with Crippen molar-refractivity contribution in [2.45, 2.75) is 59.6 Å². The van der Waals surface area contributed by atoms with Crippen molar-refractivity contribution in [2.75, 3.05) is 13.7 Å². The minimum absolute atomic E-state index is 0.0187. The smallest absolute Gasteiger partial charge is 0.407 e. The molecule has 4 nitrogen and oxygen atoms in total. The van der Waals surface area contributed by atoms with Gasteiger partial charge in [-0.3, -0.25) is 0 Å². The molecule has 0 aromatic rings. The molecule has 0 rings (SSSR count). The van der Waals surface area contributed by atoms with Crippen molar-refractivity contribution in [3.05, 3.63) is 0 Å². The normalized spacial score (nSPS) is 14.3. The topological polar surface area (TPSA) is 47.6 Å². The number of alkyl carbamates (subject to hydrolysis) is 1. The van der Waals surface area contributed by atoms with E-state index >= 15 is 0 Å². The average Bonchev–Trinajstić information content (AvgIpc) is 1.95. The molecule has 1 atom stereocenters. The molecular formula is C13H27NO3. The van der Waals surface area contributed by atoms with Gasteiger partial charge < -0.3 is 14.8 Å². The Hall–Kier alpha value is -0.770. The third-order valence-electron chi connectivity index (χ3n) is 1.95. The second-order valence-electron chi connectivity index (χ2n) is 6.56. The van der Waals surface area contributed by atoms with Crippen molar-refractivity contribution in [1.82, 2.24) is 5.32 Å². The standard InChI is InChI=1S/C13H27NO3/c1-12(2,3)8-10(9-16-7)14-11(15)17-13(4,5)6/h10H,8-9H2,1-7H3,(H,14,15)/t10-/m0/s1.